The molecule has 0 atom stereocenters. The number of aryl methyl sites for hydroxylation is 1. The van der Waals surface area contributed by atoms with Crippen molar-refractivity contribution in [1.29, 1.82) is 5.41 Å². The smallest absolute Gasteiger partial charge is 0.475 e. The van der Waals surface area contributed by atoms with Crippen LogP contribution in [0.25, 0.3) is 22.4 Å². The molecule has 1 amide bonds. The summed E-state index contributed by atoms with van der Waals surface area (Å²) in [6.07, 6.45) is -5.08. The number of amidine groups is 1. The number of alkyl halides is 3. The second-order valence-corrected chi connectivity index (χ2v) is 11.0. The van der Waals surface area contributed by atoms with E-state index in [1.165, 1.54) is 17.4 Å². The van der Waals surface area contributed by atoms with Gasteiger partial charge in [0.2, 0.25) is 10.0 Å². The molecule has 10 nitrogen and oxygen atoms in total. The Balaban J connectivity index is 0.000000587. The minimum atomic E-state index is -5.08. The maximum atomic E-state index is 13.1. The molecule has 4 aromatic rings. The zero-order chi connectivity index (χ0) is 30.5. The molecule has 0 aliphatic heterocycles. The largest absolute Gasteiger partial charge is 0.490 e. The predicted molar refractivity (Wildman–Crippen MR) is 148 cm³/mol. The van der Waals surface area contributed by atoms with Gasteiger partial charge in [-0.05, 0) is 36.8 Å². The Morgan fingerprint density at radius 3 is 2.17 bits per heavy atom. The summed E-state index contributed by atoms with van der Waals surface area (Å²) in [6, 6.07) is 20.3. The van der Waals surface area contributed by atoms with Crippen LogP contribution in [0.3, 0.4) is 0 Å². The molecule has 0 fully saturated rings. The lowest BCUT2D eigenvalue weighted by Gasteiger charge is -2.10. The van der Waals surface area contributed by atoms with Gasteiger partial charge in [0.15, 0.2) is 0 Å². The second-order valence-electron chi connectivity index (χ2n) is 8.28. The number of halogens is 3. The van der Waals surface area contributed by atoms with Crippen molar-refractivity contribution in [2.24, 2.45) is 10.9 Å². The van der Waals surface area contributed by atoms with Gasteiger partial charge in [0, 0.05) is 22.4 Å². The average Bonchev–Trinajstić information content (AvgIpc) is 3.30. The number of aliphatic carboxylic acids is 1. The van der Waals surface area contributed by atoms with Crippen molar-refractivity contribution in [2.45, 2.75) is 18.0 Å². The highest BCUT2D eigenvalue weighted by Crippen LogP contribution is 2.31. The van der Waals surface area contributed by atoms with E-state index in [-0.39, 0.29) is 16.6 Å². The molecule has 0 bridgehead atoms. The zero-order valence-electron chi connectivity index (χ0n) is 21.1. The molecule has 0 unspecified atom stereocenters. The molecule has 214 valence electrons. The number of nitrogen functional groups attached to an aromatic ring is 1. The number of nitrogens with two attached hydrogens (primary N) is 2. The van der Waals surface area contributed by atoms with Crippen LogP contribution >= 0.6 is 11.3 Å². The number of carboxylic acids is 1. The summed E-state index contributed by atoms with van der Waals surface area (Å²) in [6.45, 7) is 1.82. The molecule has 0 radical (unpaired) electrons. The van der Waals surface area contributed by atoms with Crippen molar-refractivity contribution >= 4 is 44.8 Å². The number of hydrogen-bond donors (Lipinski definition) is 5. The highest BCUT2D eigenvalue weighted by atomic mass is 32.2. The molecular formula is C26H22F3N5O5S2. The minimum absolute atomic E-state index is 0.0318. The fourth-order valence-electron chi connectivity index (χ4n) is 3.48. The van der Waals surface area contributed by atoms with E-state index in [0.717, 1.165) is 5.01 Å². The normalized spacial score (nSPS) is 11.2. The van der Waals surface area contributed by atoms with Crippen molar-refractivity contribution in [3.05, 3.63) is 88.2 Å². The number of sulfonamides is 1. The van der Waals surface area contributed by atoms with Crippen LogP contribution in [-0.2, 0) is 14.8 Å². The number of primary sulfonamides is 1. The molecule has 0 saturated carbocycles. The summed E-state index contributed by atoms with van der Waals surface area (Å²) in [5, 5.41) is 23.7. The number of aromatic nitrogens is 1. The molecular weight excluding hydrogens is 583 g/mol. The lowest BCUT2D eigenvalue weighted by molar-refractivity contribution is -0.192. The third-order valence-corrected chi connectivity index (χ3v) is 7.22. The quantitative estimate of drug-likeness (QED) is 0.157. The number of carboxylic acid groups (broad SMARTS) is 1. The number of thiazole rings is 1. The fourth-order valence-corrected chi connectivity index (χ4v) is 5.08. The predicted octanol–water partition coefficient (Wildman–Crippen LogP) is 4.60. The van der Waals surface area contributed by atoms with Crippen LogP contribution in [-0.4, -0.2) is 42.4 Å². The first-order chi connectivity index (χ1) is 19.1. The van der Waals surface area contributed by atoms with Gasteiger partial charge in [0.25, 0.3) is 5.91 Å². The summed E-state index contributed by atoms with van der Waals surface area (Å²) in [5.74, 6) is -3.15. The van der Waals surface area contributed by atoms with Crippen molar-refractivity contribution in [3.8, 4) is 22.4 Å². The van der Waals surface area contributed by atoms with Gasteiger partial charge in [0.1, 0.15) is 10.7 Å². The SMILES string of the molecule is Cc1nc(-c2cccc(C(=N)N)c2)c(C(=O)Nc2ccc(-c3ccccc3S(N)(=O)=O)cc2)s1.O=C(O)C(F)(F)F. The topological polar surface area (TPSA) is 189 Å². The maximum Gasteiger partial charge on any atom is 0.490 e. The van der Waals surface area contributed by atoms with Crippen molar-refractivity contribution in [2.75, 3.05) is 5.32 Å². The number of nitrogens with one attached hydrogen (secondary N) is 2. The van der Waals surface area contributed by atoms with Gasteiger partial charge >= 0.3 is 12.1 Å². The van der Waals surface area contributed by atoms with E-state index in [1.807, 2.05) is 13.0 Å². The number of benzene rings is 3. The maximum absolute atomic E-state index is 13.1. The number of hydrogen-bond acceptors (Lipinski definition) is 7. The van der Waals surface area contributed by atoms with E-state index in [2.05, 4.69) is 10.3 Å². The van der Waals surface area contributed by atoms with Gasteiger partial charge in [-0.25, -0.2) is 23.3 Å². The minimum Gasteiger partial charge on any atom is -0.475 e. The molecule has 1 aromatic heterocycles. The van der Waals surface area contributed by atoms with Crippen LogP contribution in [0.1, 0.15) is 20.2 Å². The highest BCUT2D eigenvalue weighted by Gasteiger charge is 2.38. The summed E-state index contributed by atoms with van der Waals surface area (Å²) in [4.78, 5) is 26.9. The standard InChI is InChI=1S/C24H21N5O3S2.C2HF3O2/c1-14-28-21(16-5-4-6-17(13-16)23(25)26)22(33-14)24(30)29-18-11-9-15(10-12-18)19-7-2-3-8-20(19)34(27,31)32;3-2(4,5)1(6)7/h2-13H,1H3,(H3,25,26)(H,29,30)(H2,27,31,32);(H,6,7). The molecule has 41 heavy (non-hydrogen) atoms. The molecule has 0 saturated heterocycles. The van der Waals surface area contributed by atoms with Crippen LogP contribution in [0.4, 0.5) is 18.9 Å². The Hall–Kier alpha value is -4.60. The average molecular weight is 606 g/mol. The molecule has 0 aliphatic rings. The van der Waals surface area contributed by atoms with E-state index in [4.69, 9.17) is 26.2 Å². The summed E-state index contributed by atoms with van der Waals surface area (Å²) < 4.78 is 55.5. The lowest BCUT2D eigenvalue weighted by atomic mass is 10.1. The third-order valence-electron chi connectivity index (χ3n) is 5.28. The van der Waals surface area contributed by atoms with Crippen LogP contribution in [0.15, 0.2) is 77.7 Å². The van der Waals surface area contributed by atoms with Gasteiger partial charge < -0.3 is 16.2 Å². The van der Waals surface area contributed by atoms with Crippen molar-refractivity contribution in [1.82, 2.24) is 4.98 Å². The van der Waals surface area contributed by atoms with Gasteiger partial charge in [-0.2, -0.15) is 13.2 Å². The Morgan fingerprint density at radius 1 is 1.00 bits per heavy atom. The van der Waals surface area contributed by atoms with E-state index in [1.54, 1.807) is 60.7 Å². The number of carbonyl (C=O) groups excluding carboxylic acids is 1. The van der Waals surface area contributed by atoms with Crippen LogP contribution in [0.2, 0.25) is 0 Å². The Bertz CT molecular complexity index is 1720. The first kappa shape index (κ1) is 30.9. The zero-order valence-corrected chi connectivity index (χ0v) is 22.7. The van der Waals surface area contributed by atoms with Gasteiger partial charge in [-0.15, -0.1) is 11.3 Å². The van der Waals surface area contributed by atoms with Crippen molar-refractivity contribution in [3.63, 3.8) is 0 Å². The van der Waals surface area contributed by atoms with Crippen molar-refractivity contribution < 1.29 is 36.3 Å². The summed E-state index contributed by atoms with van der Waals surface area (Å²) >= 11 is 1.27. The Morgan fingerprint density at radius 2 is 1.61 bits per heavy atom. The molecule has 7 N–H and O–H groups in total. The van der Waals surface area contributed by atoms with Gasteiger partial charge in [-0.1, -0.05) is 48.5 Å². The number of rotatable bonds is 6. The molecule has 4 rings (SSSR count). The molecule has 3 aromatic carbocycles. The highest BCUT2D eigenvalue weighted by molar-refractivity contribution is 7.89. The first-order valence-corrected chi connectivity index (χ1v) is 13.7. The first-order valence-electron chi connectivity index (χ1n) is 11.3. The molecule has 1 heterocycles. The molecule has 15 heteroatoms. The Kier molecular flexibility index (Phi) is 9.27. The molecule has 0 aliphatic carbocycles. The third kappa shape index (κ3) is 7.97. The number of anilines is 1. The van der Waals surface area contributed by atoms with E-state index in [0.29, 0.717) is 38.5 Å². The number of amides is 1. The van der Waals surface area contributed by atoms with Crippen LogP contribution in [0, 0.1) is 12.3 Å². The number of carbonyl (C=O) groups is 2. The van der Waals surface area contributed by atoms with E-state index in [9.17, 15) is 26.4 Å². The summed E-state index contributed by atoms with van der Waals surface area (Å²) in [5.41, 5.74) is 9.02. The van der Waals surface area contributed by atoms with E-state index >= 15 is 0 Å². The van der Waals surface area contributed by atoms with Crippen LogP contribution in [0.5, 0.6) is 0 Å². The fraction of sp³-hybridized carbons (Fsp3) is 0.0769. The Labute approximate surface area is 236 Å². The van der Waals surface area contributed by atoms with Crippen LogP contribution < -0.4 is 16.2 Å². The second kappa shape index (κ2) is 12.3. The van der Waals surface area contributed by atoms with Gasteiger partial charge in [0.05, 0.1) is 15.6 Å². The summed E-state index contributed by atoms with van der Waals surface area (Å²) in [7, 11) is -3.88. The lowest BCUT2D eigenvalue weighted by Crippen LogP contribution is -2.21. The number of nitrogens with zero attached hydrogens (tertiary/aromatic N) is 1. The van der Waals surface area contributed by atoms with Gasteiger partial charge in [-0.3, -0.25) is 10.2 Å². The van der Waals surface area contributed by atoms with E-state index < -0.39 is 22.2 Å². The monoisotopic (exact) mass is 605 g/mol. The molecule has 0 spiro atoms.